The fourth-order valence-electron chi connectivity index (χ4n) is 1.77. The molecular formula is C17H14ClNO3. The summed E-state index contributed by atoms with van der Waals surface area (Å²) in [5.41, 5.74) is 1.77. The van der Waals surface area contributed by atoms with Crippen LogP contribution in [0.1, 0.15) is 15.9 Å². The van der Waals surface area contributed by atoms with Gasteiger partial charge in [0, 0.05) is 16.8 Å². The van der Waals surface area contributed by atoms with E-state index in [4.69, 9.17) is 11.6 Å². The number of halogens is 1. The number of carbonyl (C=O) groups is 2. The number of amides is 1. The van der Waals surface area contributed by atoms with Gasteiger partial charge < -0.3 is 10.1 Å². The van der Waals surface area contributed by atoms with Crippen LogP contribution in [0.5, 0.6) is 0 Å². The van der Waals surface area contributed by atoms with Crippen molar-refractivity contribution in [2.24, 2.45) is 0 Å². The largest absolute Gasteiger partial charge is 0.465 e. The molecule has 5 heteroatoms. The first kappa shape index (κ1) is 15.8. The van der Waals surface area contributed by atoms with Crippen molar-refractivity contribution in [2.45, 2.75) is 0 Å². The third-order valence-corrected chi connectivity index (χ3v) is 3.24. The maximum absolute atomic E-state index is 11.8. The molecule has 0 aliphatic heterocycles. The van der Waals surface area contributed by atoms with Gasteiger partial charge in [0.2, 0.25) is 5.91 Å². The molecule has 0 aliphatic carbocycles. The van der Waals surface area contributed by atoms with E-state index in [0.29, 0.717) is 16.3 Å². The number of rotatable bonds is 4. The van der Waals surface area contributed by atoms with Crippen molar-refractivity contribution in [1.82, 2.24) is 0 Å². The Morgan fingerprint density at radius 2 is 1.77 bits per heavy atom. The van der Waals surface area contributed by atoms with Crippen LogP contribution < -0.4 is 5.32 Å². The van der Waals surface area contributed by atoms with Gasteiger partial charge in [-0.05, 0) is 42.0 Å². The molecule has 22 heavy (non-hydrogen) atoms. The summed E-state index contributed by atoms with van der Waals surface area (Å²) in [6.45, 7) is 0. The van der Waals surface area contributed by atoms with E-state index in [1.54, 1.807) is 36.4 Å². The standard InChI is InChI=1S/C17H14ClNO3/c1-22-17(21)13-6-9-14(10-7-13)19-16(20)11-8-12-4-2-3-5-15(12)18/h2-11H,1H3,(H,19,20)/b11-8+. The topological polar surface area (TPSA) is 55.4 Å². The smallest absolute Gasteiger partial charge is 0.337 e. The molecule has 112 valence electrons. The van der Waals surface area contributed by atoms with Gasteiger partial charge in [0.25, 0.3) is 0 Å². The van der Waals surface area contributed by atoms with E-state index < -0.39 is 5.97 Å². The van der Waals surface area contributed by atoms with Crippen molar-refractivity contribution in [3.8, 4) is 0 Å². The van der Waals surface area contributed by atoms with Crippen LogP contribution in [0.2, 0.25) is 5.02 Å². The van der Waals surface area contributed by atoms with E-state index in [1.165, 1.54) is 13.2 Å². The lowest BCUT2D eigenvalue weighted by molar-refractivity contribution is -0.111. The Morgan fingerprint density at radius 3 is 2.41 bits per heavy atom. The Morgan fingerprint density at radius 1 is 1.09 bits per heavy atom. The molecular weight excluding hydrogens is 302 g/mol. The highest BCUT2D eigenvalue weighted by Gasteiger charge is 2.05. The zero-order valence-corrected chi connectivity index (χ0v) is 12.6. The second-order valence-corrected chi connectivity index (χ2v) is 4.82. The third kappa shape index (κ3) is 4.20. The van der Waals surface area contributed by atoms with Crippen molar-refractivity contribution < 1.29 is 14.3 Å². The number of hydrogen-bond donors (Lipinski definition) is 1. The lowest BCUT2D eigenvalue weighted by atomic mass is 10.2. The first-order valence-corrected chi connectivity index (χ1v) is 6.90. The Bertz CT molecular complexity index is 708. The number of carbonyl (C=O) groups excluding carboxylic acids is 2. The second-order valence-electron chi connectivity index (χ2n) is 4.41. The van der Waals surface area contributed by atoms with Gasteiger partial charge in [-0.2, -0.15) is 0 Å². The summed E-state index contributed by atoms with van der Waals surface area (Å²) in [6.07, 6.45) is 3.04. The van der Waals surface area contributed by atoms with Gasteiger partial charge in [0.15, 0.2) is 0 Å². The van der Waals surface area contributed by atoms with Gasteiger partial charge in [-0.25, -0.2) is 4.79 Å². The minimum absolute atomic E-state index is 0.286. The van der Waals surface area contributed by atoms with E-state index >= 15 is 0 Å². The molecule has 0 bridgehead atoms. The molecule has 0 radical (unpaired) electrons. The van der Waals surface area contributed by atoms with Crippen molar-refractivity contribution >= 4 is 35.2 Å². The number of hydrogen-bond acceptors (Lipinski definition) is 3. The molecule has 2 aromatic carbocycles. The molecule has 4 nitrogen and oxygen atoms in total. The number of ether oxygens (including phenoxy) is 1. The molecule has 0 aromatic heterocycles. The van der Waals surface area contributed by atoms with Gasteiger partial charge in [0.05, 0.1) is 12.7 Å². The van der Waals surface area contributed by atoms with Crippen molar-refractivity contribution in [3.05, 3.63) is 70.8 Å². The maximum Gasteiger partial charge on any atom is 0.337 e. The van der Waals surface area contributed by atoms with Crippen LogP contribution in [0.3, 0.4) is 0 Å². The molecule has 1 N–H and O–H groups in total. The molecule has 0 atom stereocenters. The molecule has 2 aromatic rings. The molecule has 0 saturated heterocycles. The summed E-state index contributed by atoms with van der Waals surface area (Å²) in [5, 5.41) is 3.27. The Hall–Kier alpha value is -2.59. The van der Waals surface area contributed by atoms with Gasteiger partial charge in [-0.15, -0.1) is 0 Å². The fraction of sp³-hybridized carbons (Fsp3) is 0.0588. The summed E-state index contributed by atoms with van der Waals surface area (Å²) >= 11 is 6.00. The van der Waals surface area contributed by atoms with Crippen LogP contribution in [-0.2, 0) is 9.53 Å². The monoisotopic (exact) mass is 315 g/mol. The van der Waals surface area contributed by atoms with Crippen LogP contribution in [0, 0.1) is 0 Å². The predicted octanol–water partition coefficient (Wildman–Crippen LogP) is 3.78. The zero-order valence-electron chi connectivity index (χ0n) is 11.9. The number of esters is 1. The SMILES string of the molecule is COC(=O)c1ccc(NC(=O)/C=C/c2ccccc2Cl)cc1. The molecule has 0 heterocycles. The third-order valence-electron chi connectivity index (χ3n) is 2.89. The summed E-state index contributed by atoms with van der Waals surface area (Å²) in [5.74, 6) is -0.706. The Labute approximate surface area is 133 Å². The fourth-order valence-corrected chi connectivity index (χ4v) is 1.97. The minimum Gasteiger partial charge on any atom is -0.465 e. The minimum atomic E-state index is -0.420. The normalized spacial score (nSPS) is 10.5. The van der Waals surface area contributed by atoms with E-state index in [2.05, 4.69) is 10.1 Å². The zero-order chi connectivity index (χ0) is 15.9. The average molecular weight is 316 g/mol. The first-order chi connectivity index (χ1) is 10.6. The van der Waals surface area contributed by atoms with Crippen LogP contribution in [0.15, 0.2) is 54.6 Å². The quantitative estimate of drug-likeness (QED) is 0.690. The lowest BCUT2D eigenvalue weighted by Crippen LogP contribution is -2.08. The summed E-state index contributed by atoms with van der Waals surface area (Å²) in [6, 6.07) is 13.7. The average Bonchev–Trinajstić information content (AvgIpc) is 2.54. The van der Waals surface area contributed by atoms with Crippen LogP contribution in [0.25, 0.3) is 6.08 Å². The molecule has 0 aliphatic rings. The molecule has 0 saturated carbocycles. The molecule has 0 spiro atoms. The van der Waals surface area contributed by atoms with E-state index in [-0.39, 0.29) is 5.91 Å². The Kier molecular flexibility index (Phi) is 5.33. The highest BCUT2D eigenvalue weighted by molar-refractivity contribution is 6.32. The van der Waals surface area contributed by atoms with Crippen LogP contribution in [-0.4, -0.2) is 19.0 Å². The van der Waals surface area contributed by atoms with Crippen LogP contribution >= 0.6 is 11.6 Å². The van der Waals surface area contributed by atoms with Crippen LogP contribution in [0.4, 0.5) is 5.69 Å². The molecule has 0 unspecified atom stereocenters. The maximum atomic E-state index is 11.8. The first-order valence-electron chi connectivity index (χ1n) is 6.52. The van der Waals surface area contributed by atoms with Gasteiger partial charge in [-0.1, -0.05) is 29.8 Å². The van der Waals surface area contributed by atoms with E-state index in [0.717, 1.165) is 5.56 Å². The number of anilines is 1. The predicted molar refractivity (Wildman–Crippen MR) is 86.9 cm³/mol. The highest BCUT2D eigenvalue weighted by atomic mass is 35.5. The summed E-state index contributed by atoms with van der Waals surface area (Å²) < 4.78 is 4.61. The number of methoxy groups -OCH3 is 1. The van der Waals surface area contributed by atoms with Gasteiger partial charge >= 0.3 is 5.97 Å². The van der Waals surface area contributed by atoms with Crippen molar-refractivity contribution in [3.63, 3.8) is 0 Å². The number of benzene rings is 2. The number of nitrogens with one attached hydrogen (secondary N) is 1. The molecule has 1 amide bonds. The highest BCUT2D eigenvalue weighted by Crippen LogP contribution is 2.16. The second kappa shape index (κ2) is 7.43. The summed E-state index contributed by atoms with van der Waals surface area (Å²) in [7, 11) is 1.32. The lowest BCUT2D eigenvalue weighted by Gasteiger charge is -2.04. The van der Waals surface area contributed by atoms with E-state index in [9.17, 15) is 9.59 Å². The molecule has 2 rings (SSSR count). The Balaban J connectivity index is 2.00. The van der Waals surface area contributed by atoms with Gasteiger partial charge in [-0.3, -0.25) is 4.79 Å². The van der Waals surface area contributed by atoms with E-state index in [1.807, 2.05) is 18.2 Å². The molecule has 0 fully saturated rings. The van der Waals surface area contributed by atoms with Crippen molar-refractivity contribution in [1.29, 1.82) is 0 Å². The van der Waals surface area contributed by atoms with Crippen molar-refractivity contribution in [2.75, 3.05) is 12.4 Å². The summed E-state index contributed by atoms with van der Waals surface area (Å²) in [4.78, 5) is 23.1. The van der Waals surface area contributed by atoms with Gasteiger partial charge in [0.1, 0.15) is 0 Å².